The van der Waals surface area contributed by atoms with Crippen molar-refractivity contribution in [2.45, 2.75) is 20.8 Å². The second kappa shape index (κ2) is 5.01. The molecule has 98 valence electrons. The Morgan fingerprint density at radius 2 is 1.79 bits per heavy atom. The first kappa shape index (κ1) is 12.9. The lowest BCUT2D eigenvalue weighted by molar-refractivity contribution is 0.247. The number of carbonyl (C=O) groups excluding carboxylic acids is 1. The van der Waals surface area contributed by atoms with Gasteiger partial charge in [0.2, 0.25) is 0 Å². The number of amides is 1. The largest absolute Gasteiger partial charge is 0.350 e. The van der Waals surface area contributed by atoms with Gasteiger partial charge in [-0.05, 0) is 32.9 Å². The fraction of sp³-hybridized carbons (Fsp3) is 0.231. The third kappa shape index (κ3) is 2.67. The quantitative estimate of drug-likeness (QED) is 0.838. The zero-order valence-corrected chi connectivity index (χ0v) is 11.1. The van der Waals surface area contributed by atoms with Crippen molar-refractivity contribution in [1.29, 1.82) is 0 Å². The molecule has 0 saturated carbocycles. The second-order valence-corrected chi connectivity index (χ2v) is 4.31. The highest BCUT2D eigenvalue weighted by atomic mass is 16.2. The third-order valence-electron chi connectivity index (χ3n) is 2.76. The number of aryl methyl sites for hydroxylation is 2. The van der Waals surface area contributed by atoms with E-state index in [1.807, 2.05) is 31.2 Å². The van der Waals surface area contributed by atoms with E-state index in [0.717, 1.165) is 15.9 Å². The predicted octanol–water partition coefficient (Wildman–Crippen LogP) is 3.15. The van der Waals surface area contributed by atoms with E-state index in [-0.39, 0.29) is 0 Å². The Balaban J connectivity index is 2.33. The van der Waals surface area contributed by atoms with Crippen molar-refractivity contribution in [2.75, 3.05) is 0 Å². The van der Waals surface area contributed by atoms with Crippen LogP contribution >= 0.6 is 0 Å². The van der Waals surface area contributed by atoms with Crippen molar-refractivity contribution in [3.8, 4) is 0 Å². The van der Waals surface area contributed by atoms with Gasteiger partial charge in [-0.3, -0.25) is 0 Å². The lowest BCUT2D eigenvalue weighted by atomic mass is 10.2. The number of aromatic nitrogens is 2. The van der Waals surface area contributed by atoms with Crippen LogP contribution in [0.2, 0.25) is 0 Å². The molecular weight excluding hydrogens is 242 g/mol. The van der Waals surface area contributed by atoms with Crippen LogP contribution in [-0.2, 0) is 0 Å². The van der Waals surface area contributed by atoms with E-state index in [4.69, 9.17) is 5.73 Å². The van der Waals surface area contributed by atoms with E-state index in [1.54, 1.807) is 13.8 Å². The normalized spacial score (nSPS) is 11.1. The lowest BCUT2D eigenvalue weighted by Gasteiger charge is -1.96. The summed E-state index contributed by atoms with van der Waals surface area (Å²) in [5.41, 5.74) is 8.89. The number of carbonyl (C=O) groups is 1. The van der Waals surface area contributed by atoms with Crippen LogP contribution in [0, 0.1) is 20.8 Å². The summed E-state index contributed by atoms with van der Waals surface area (Å²) in [6, 6.07) is 7.05. The fourth-order valence-corrected chi connectivity index (χ4v) is 1.71. The Hall–Kier alpha value is -2.50. The van der Waals surface area contributed by atoms with Crippen LogP contribution in [0.15, 0.2) is 34.5 Å². The first-order valence-corrected chi connectivity index (χ1v) is 5.83. The van der Waals surface area contributed by atoms with Gasteiger partial charge in [0.25, 0.3) is 0 Å². The van der Waals surface area contributed by atoms with Crippen molar-refractivity contribution in [2.24, 2.45) is 16.0 Å². The summed E-state index contributed by atoms with van der Waals surface area (Å²) >= 11 is 0. The summed E-state index contributed by atoms with van der Waals surface area (Å²) in [4.78, 5) is 11.1. The standard InChI is InChI=1S/C13H15N5O/c1-8-4-6-11(7-5-8)15-16-12-9(2)17-18(10(12)3)13(14)19/h4-7H,1-3H3,(H2,14,19). The average Bonchev–Trinajstić information content (AvgIpc) is 2.65. The maximum absolute atomic E-state index is 11.1. The van der Waals surface area contributed by atoms with Crippen LogP contribution in [0.1, 0.15) is 17.0 Å². The summed E-state index contributed by atoms with van der Waals surface area (Å²) in [6.07, 6.45) is 0. The Labute approximate surface area is 111 Å². The summed E-state index contributed by atoms with van der Waals surface area (Å²) < 4.78 is 1.12. The van der Waals surface area contributed by atoms with Crippen molar-refractivity contribution in [3.05, 3.63) is 41.2 Å². The van der Waals surface area contributed by atoms with Gasteiger partial charge in [0.1, 0.15) is 5.69 Å². The minimum Gasteiger partial charge on any atom is -0.350 e. The molecule has 0 aliphatic heterocycles. The molecule has 0 bridgehead atoms. The number of benzene rings is 1. The van der Waals surface area contributed by atoms with Gasteiger partial charge >= 0.3 is 6.03 Å². The molecule has 0 fully saturated rings. The molecule has 0 atom stereocenters. The number of hydrogen-bond acceptors (Lipinski definition) is 4. The summed E-state index contributed by atoms with van der Waals surface area (Å²) in [6.45, 7) is 5.50. The van der Waals surface area contributed by atoms with E-state index in [2.05, 4.69) is 15.3 Å². The van der Waals surface area contributed by atoms with Gasteiger partial charge < -0.3 is 5.73 Å². The minimum absolute atomic E-state index is 0.569. The van der Waals surface area contributed by atoms with Crippen molar-refractivity contribution < 1.29 is 4.79 Å². The molecule has 1 aromatic heterocycles. The highest BCUT2D eigenvalue weighted by Gasteiger charge is 2.13. The SMILES string of the molecule is Cc1ccc(N=Nc2c(C)nn(C(N)=O)c2C)cc1. The molecule has 1 aromatic carbocycles. The molecule has 0 unspecified atom stereocenters. The molecule has 1 amide bonds. The number of hydrogen-bond donors (Lipinski definition) is 1. The molecule has 1 heterocycles. The zero-order valence-electron chi connectivity index (χ0n) is 11.1. The minimum atomic E-state index is -0.627. The van der Waals surface area contributed by atoms with E-state index in [0.29, 0.717) is 17.1 Å². The van der Waals surface area contributed by atoms with Gasteiger partial charge in [0.15, 0.2) is 0 Å². The van der Waals surface area contributed by atoms with Crippen LogP contribution in [-0.4, -0.2) is 15.8 Å². The molecule has 2 N–H and O–H groups in total. The van der Waals surface area contributed by atoms with Crippen molar-refractivity contribution in [1.82, 2.24) is 9.78 Å². The predicted molar refractivity (Wildman–Crippen MR) is 72.0 cm³/mol. The first-order chi connectivity index (χ1) is 8.99. The van der Waals surface area contributed by atoms with Crippen LogP contribution in [0.3, 0.4) is 0 Å². The Bertz CT molecular complexity index is 640. The summed E-state index contributed by atoms with van der Waals surface area (Å²) in [5.74, 6) is 0. The number of rotatable bonds is 2. The topological polar surface area (TPSA) is 85.6 Å². The highest BCUT2D eigenvalue weighted by molar-refractivity contribution is 5.76. The van der Waals surface area contributed by atoms with Crippen LogP contribution in [0.25, 0.3) is 0 Å². The third-order valence-corrected chi connectivity index (χ3v) is 2.76. The number of nitrogens with zero attached hydrogens (tertiary/aromatic N) is 4. The molecular formula is C13H15N5O. The van der Waals surface area contributed by atoms with Gasteiger partial charge in [-0.2, -0.15) is 14.9 Å². The van der Waals surface area contributed by atoms with E-state index < -0.39 is 6.03 Å². The smallest absolute Gasteiger partial charge is 0.339 e. The van der Waals surface area contributed by atoms with Crippen molar-refractivity contribution >= 4 is 17.4 Å². The lowest BCUT2D eigenvalue weighted by Crippen LogP contribution is -2.21. The molecule has 0 radical (unpaired) electrons. The molecule has 2 aromatic rings. The van der Waals surface area contributed by atoms with Gasteiger partial charge in [-0.15, -0.1) is 5.11 Å². The monoisotopic (exact) mass is 257 g/mol. The van der Waals surface area contributed by atoms with Crippen LogP contribution in [0.4, 0.5) is 16.2 Å². The van der Waals surface area contributed by atoms with E-state index in [1.165, 1.54) is 0 Å². The number of azo groups is 1. The molecule has 0 aliphatic rings. The molecule has 2 rings (SSSR count). The molecule has 0 saturated heterocycles. The molecule has 0 spiro atoms. The summed E-state index contributed by atoms with van der Waals surface area (Å²) in [5, 5.41) is 12.3. The molecule has 19 heavy (non-hydrogen) atoms. The number of nitrogens with two attached hydrogens (primary N) is 1. The molecule has 0 aliphatic carbocycles. The Morgan fingerprint density at radius 1 is 1.16 bits per heavy atom. The van der Waals surface area contributed by atoms with Crippen LogP contribution in [0.5, 0.6) is 0 Å². The zero-order chi connectivity index (χ0) is 14.0. The van der Waals surface area contributed by atoms with E-state index >= 15 is 0 Å². The van der Waals surface area contributed by atoms with Crippen molar-refractivity contribution in [3.63, 3.8) is 0 Å². The maximum Gasteiger partial charge on any atom is 0.339 e. The van der Waals surface area contributed by atoms with Gasteiger partial charge in [-0.1, -0.05) is 17.7 Å². The second-order valence-electron chi connectivity index (χ2n) is 4.31. The summed E-state index contributed by atoms with van der Waals surface area (Å²) in [7, 11) is 0. The fourth-order valence-electron chi connectivity index (χ4n) is 1.71. The van der Waals surface area contributed by atoms with E-state index in [9.17, 15) is 4.79 Å². The van der Waals surface area contributed by atoms with Gasteiger partial charge in [-0.25, -0.2) is 4.79 Å². The average molecular weight is 257 g/mol. The Kier molecular flexibility index (Phi) is 3.41. The highest BCUT2D eigenvalue weighted by Crippen LogP contribution is 2.25. The maximum atomic E-state index is 11.1. The number of primary amides is 1. The molecule has 6 heteroatoms. The Morgan fingerprint density at radius 3 is 2.32 bits per heavy atom. The van der Waals surface area contributed by atoms with Crippen LogP contribution < -0.4 is 5.73 Å². The molecule has 6 nitrogen and oxygen atoms in total. The van der Waals surface area contributed by atoms with Gasteiger partial charge in [0, 0.05) is 0 Å². The van der Waals surface area contributed by atoms with Gasteiger partial charge in [0.05, 0.1) is 17.1 Å². The first-order valence-electron chi connectivity index (χ1n) is 5.83.